The number of rotatable bonds is 53. The minimum atomic E-state index is -1.62. The number of nitrogens with one attached hydrogen (secondary N) is 1. The van der Waals surface area contributed by atoms with E-state index in [0.29, 0.717) is 12.8 Å². The fourth-order valence-corrected chi connectivity index (χ4v) is 9.50. The third-order valence-corrected chi connectivity index (χ3v) is 14.5. The number of allylic oxidation sites excluding steroid dienone is 13. The van der Waals surface area contributed by atoms with Gasteiger partial charge in [-0.05, 0) is 96.3 Å². The number of aliphatic hydroxyl groups is 5. The van der Waals surface area contributed by atoms with Crippen molar-refractivity contribution in [3.05, 3.63) is 85.1 Å². The Labute approximate surface area is 476 Å². The van der Waals surface area contributed by atoms with Gasteiger partial charge in [0.05, 0.1) is 25.4 Å². The molecule has 0 aliphatic carbocycles. The Morgan fingerprint density at radius 1 is 0.513 bits per heavy atom. The summed E-state index contributed by atoms with van der Waals surface area (Å²) >= 11 is 0. The van der Waals surface area contributed by atoms with Gasteiger partial charge in [-0.1, -0.05) is 247 Å². The van der Waals surface area contributed by atoms with E-state index in [1.165, 1.54) is 122 Å². The van der Waals surface area contributed by atoms with Gasteiger partial charge in [-0.15, -0.1) is 0 Å². The zero-order valence-corrected chi connectivity index (χ0v) is 49.8. The second-order valence-electron chi connectivity index (χ2n) is 21.8. The van der Waals surface area contributed by atoms with Gasteiger partial charge in [-0.3, -0.25) is 9.59 Å². The van der Waals surface area contributed by atoms with E-state index in [-0.39, 0.29) is 19.4 Å². The summed E-state index contributed by atoms with van der Waals surface area (Å²) in [5.74, 6) is -1.22. The Morgan fingerprint density at radius 2 is 0.923 bits per heavy atom. The molecule has 0 aromatic heterocycles. The van der Waals surface area contributed by atoms with Crippen molar-refractivity contribution in [1.82, 2.24) is 5.32 Å². The monoisotopic (exact) mass is 1100 g/mol. The number of esters is 1. The highest BCUT2D eigenvalue weighted by Crippen LogP contribution is 2.26. The van der Waals surface area contributed by atoms with Crippen molar-refractivity contribution < 1.29 is 49.3 Å². The van der Waals surface area contributed by atoms with Crippen molar-refractivity contribution in [3.63, 3.8) is 0 Å². The average molecular weight is 1100 g/mol. The molecule has 0 spiro atoms. The quantitative estimate of drug-likeness (QED) is 0.0195. The van der Waals surface area contributed by atoms with E-state index in [2.05, 4.69) is 99.0 Å². The third-order valence-electron chi connectivity index (χ3n) is 14.5. The molecule has 1 fully saturated rings. The molecule has 1 saturated heterocycles. The Kier molecular flexibility index (Phi) is 50.8. The van der Waals surface area contributed by atoms with Crippen LogP contribution in [-0.4, -0.2) is 99.6 Å². The molecule has 0 saturated carbocycles. The Morgan fingerprint density at radius 3 is 1.41 bits per heavy atom. The first-order chi connectivity index (χ1) is 38.2. The average Bonchev–Trinajstić information content (AvgIpc) is 3.44. The van der Waals surface area contributed by atoms with Crippen LogP contribution in [0.1, 0.15) is 265 Å². The van der Waals surface area contributed by atoms with Crippen molar-refractivity contribution in [2.45, 2.75) is 314 Å². The van der Waals surface area contributed by atoms with Gasteiger partial charge in [0.1, 0.15) is 24.4 Å². The molecule has 6 N–H and O–H groups in total. The number of hydrogen-bond donors (Lipinski definition) is 6. The van der Waals surface area contributed by atoms with Crippen LogP contribution >= 0.6 is 0 Å². The van der Waals surface area contributed by atoms with Crippen LogP contribution in [0, 0.1) is 0 Å². The molecule has 8 atom stereocenters. The molecule has 1 heterocycles. The number of carbonyl (C=O) groups excluding carboxylic acids is 2. The molecule has 0 bridgehead atoms. The molecule has 8 unspecified atom stereocenters. The second-order valence-corrected chi connectivity index (χ2v) is 21.8. The molecule has 11 heteroatoms. The third kappa shape index (κ3) is 41.8. The lowest BCUT2D eigenvalue weighted by Crippen LogP contribution is -2.61. The number of carbonyl (C=O) groups is 2. The standard InChI is InChI=1S/C67H117NO10/c1-4-7-10-13-16-19-22-24-25-26-27-28-29-30-31-32-33-34-35-37-40-43-46-49-52-55-62(72)78-65-64(74)63(73)61(56-69)77-67(65)76-57-58(59(70)53-50-47-44-41-38-21-18-15-12-9-6-3)68-66(75)60(71)54-51-48-45-42-39-36-23-20-17-14-11-8-5-2/h8,11,16-17,19-20,24-25,27-28,36,39,50,53,58-61,63-65,67,69-71,73-74H,4-7,9-10,12-15,18,21-23,26,29-35,37-38,40-49,51-52,54-57H2,1-3H3,(H,68,75)/b11-8+,19-16-,20-17+,25-24-,28-27-,39-36+,53-50+. The Hall–Kier alpha value is -3.16. The van der Waals surface area contributed by atoms with Crippen molar-refractivity contribution in [2.24, 2.45) is 0 Å². The summed E-state index contributed by atoms with van der Waals surface area (Å²) in [6.07, 6.45) is 60.6. The predicted octanol–water partition coefficient (Wildman–Crippen LogP) is 15.3. The maximum atomic E-state index is 13.4. The molecule has 1 aliphatic heterocycles. The van der Waals surface area contributed by atoms with Crippen LogP contribution in [0.3, 0.4) is 0 Å². The van der Waals surface area contributed by atoms with Crippen molar-refractivity contribution in [1.29, 1.82) is 0 Å². The summed E-state index contributed by atoms with van der Waals surface area (Å²) in [5, 5.41) is 56.9. The Balaban J connectivity index is 2.59. The smallest absolute Gasteiger partial charge is 0.306 e. The first-order valence-corrected chi connectivity index (χ1v) is 31.9. The minimum absolute atomic E-state index is 0.115. The molecule has 0 radical (unpaired) electrons. The minimum Gasteiger partial charge on any atom is -0.454 e. The number of unbranched alkanes of at least 4 members (excludes halogenated alkanes) is 27. The summed E-state index contributed by atoms with van der Waals surface area (Å²) in [6.45, 7) is 5.62. The van der Waals surface area contributed by atoms with Gasteiger partial charge in [0, 0.05) is 6.42 Å². The molecule has 78 heavy (non-hydrogen) atoms. The fourth-order valence-electron chi connectivity index (χ4n) is 9.50. The van der Waals surface area contributed by atoms with E-state index < -0.39 is 67.4 Å². The molecule has 1 aliphatic rings. The largest absolute Gasteiger partial charge is 0.454 e. The summed E-state index contributed by atoms with van der Waals surface area (Å²) in [5.41, 5.74) is 0. The summed E-state index contributed by atoms with van der Waals surface area (Å²) in [7, 11) is 0. The maximum absolute atomic E-state index is 13.4. The number of aliphatic hydroxyl groups excluding tert-OH is 5. The highest BCUT2D eigenvalue weighted by atomic mass is 16.7. The molecule has 450 valence electrons. The molecular formula is C67H117NO10. The van der Waals surface area contributed by atoms with Gasteiger partial charge >= 0.3 is 5.97 Å². The summed E-state index contributed by atoms with van der Waals surface area (Å²) in [4.78, 5) is 26.5. The zero-order valence-electron chi connectivity index (χ0n) is 49.8. The van der Waals surface area contributed by atoms with Crippen molar-refractivity contribution in [2.75, 3.05) is 13.2 Å². The molecular weight excluding hydrogens is 979 g/mol. The van der Waals surface area contributed by atoms with Gasteiger partial charge in [0.2, 0.25) is 5.91 Å². The molecule has 1 amide bonds. The molecule has 0 aromatic carbocycles. The van der Waals surface area contributed by atoms with Crippen LogP contribution in [0.5, 0.6) is 0 Å². The van der Waals surface area contributed by atoms with Gasteiger partial charge in [-0.25, -0.2) is 0 Å². The number of ether oxygens (including phenoxy) is 3. The van der Waals surface area contributed by atoms with E-state index in [4.69, 9.17) is 14.2 Å². The molecule has 1 rings (SSSR count). The van der Waals surface area contributed by atoms with Gasteiger partial charge in [-0.2, -0.15) is 0 Å². The summed E-state index contributed by atoms with van der Waals surface area (Å²) < 4.78 is 17.6. The van der Waals surface area contributed by atoms with Crippen LogP contribution in [0.4, 0.5) is 0 Å². The van der Waals surface area contributed by atoms with Crippen LogP contribution in [0.25, 0.3) is 0 Å². The van der Waals surface area contributed by atoms with Crippen LogP contribution in [0.2, 0.25) is 0 Å². The lowest BCUT2D eigenvalue weighted by Gasteiger charge is -2.41. The second kappa shape index (κ2) is 54.4. The fraction of sp³-hybridized carbons (Fsp3) is 0.761. The summed E-state index contributed by atoms with van der Waals surface area (Å²) in [6, 6.07) is -1.04. The first kappa shape index (κ1) is 72.9. The zero-order chi connectivity index (χ0) is 56.8. The normalized spacial score (nSPS) is 19.5. The molecule has 0 aromatic rings. The highest BCUT2D eigenvalue weighted by Gasteiger charge is 2.47. The van der Waals surface area contributed by atoms with Crippen molar-refractivity contribution in [3.8, 4) is 0 Å². The highest BCUT2D eigenvalue weighted by molar-refractivity contribution is 5.80. The van der Waals surface area contributed by atoms with Crippen LogP contribution < -0.4 is 5.32 Å². The van der Waals surface area contributed by atoms with E-state index in [9.17, 15) is 35.1 Å². The lowest BCUT2D eigenvalue weighted by molar-refractivity contribution is -0.305. The van der Waals surface area contributed by atoms with Crippen molar-refractivity contribution >= 4 is 11.9 Å². The van der Waals surface area contributed by atoms with Crippen LogP contribution in [-0.2, 0) is 23.8 Å². The van der Waals surface area contributed by atoms with Crippen LogP contribution in [0.15, 0.2) is 85.1 Å². The molecule has 11 nitrogen and oxygen atoms in total. The number of hydrogen-bond acceptors (Lipinski definition) is 10. The van der Waals surface area contributed by atoms with Gasteiger partial charge in [0.15, 0.2) is 12.4 Å². The predicted molar refractivity (Wildman–Crippen MR) is 324 cm³/mol. The van der Waals surface area contributed by atoms with E-state index in [1.54, 1.807) is 6.08 Å². The number of amides is 1. The van der Waals surface area contributed by atoms with E-state index >= 15 is 0 Å². The first-order valence-electron chi connectivity index (χ1n) is 31.9. The SMILES string of the molecule is CC/C=C/C/C=C/C/C=C/CCCCCC(O)C(=O)NC(COC1OC(CO)C(O)C(O)C1OC(=O)CCCCCCCCCCCCCC/C=C\C/C=C\C/C=C\CCCCC)C(O)/C=C/CCCCCCCCCCC. The topological polar surface area (TPSA) is 175 Å². The van der Waals surface area contributed by atoms with Gasteiger partial charge in [0.25, 0.3) is 0 Å². The van der Waals surface area contributed by atoms with E-state index in [0.717, 1.165) is 96.3 Å². The van der Waals surface area contributed by atoms with Gasteiger partial charge < -0.3 is 45.1 Å². The lowest BCUT2D eigenvalue weighted by atomic mass is 9.99. The van der Waals surface area contributed by atoms with E-state index in [1.807, 2.05) is 6.08 Å². The maximum Gasteiger partial charge on any atom is 0.306 e. The Bertz CT molecular complexity index is 1590.